The van der Waals surface area contributed by atoms with Crippen molar-refractivity contribution in [1.29, 1.82) is 0 Å². The van der Waals surface area contributed by atoms with Gasteiger partial charge in [0.15, 0.2) is 0 Å². The Kier molecular flexibility index (Phi) is 8.21. The molecule has 4 aromatic heterocycles. The third-order valence-corrected chi connectivity index (χ3v) is 11.8. The number of thiazole rings is 2. The highest BCUT2D eigenvalue weighted by atomic mass is 32.1. The summed E-state index contributed by atoms with van der Waals surface area (Å²) in [5, 5.41) is 4.79. The van der Waals surface area contributed by atoms with E-state index in [-0.39, 0.29) is 0 Å². The van der Waals surface area contributed by atoms with Gasteiger partial charge < -0.3 is 0 Å². The van der Waals surface area contributed by atoms with Crippen molar-refractivity contribution in [2.75, 3.05) is 0 Å². The molecule has 0 aliphatic rings. The van der Waals surface area contributed by atoms with Gasteiger partial charge in [0.2, 0.25) is 0 Å². The summed E-state index contributed by atoms with van der Waals surface area (Å²) < 4.78 is 2.51. The van der Waals surface area contributed by atoms with Gasteiger partial charge in [0, 0.05) is 9.75 Å². The van der Waals surface area contributed by atoms with E-state index in [1.807, 2.05) is 45.3 Å². The molecule has 0 spiro atoms. The summed E-state index contributed by atoms with van der Waals surface area (Å²) in [7, 11) is 0. The van der Waals surface area contributed by atoms with E-state index in [0.29, 0.717) is 0 Å². The van der Waals surface area contributed by atoms with Crippen LogP contribution < -0.4 is 0 Å². The molecule has 0 bridgehead atoms. The highest BCUT2D eigenvalue weighted by Gasteiger charge is 2.13. The molecule has 0 unspecified atom stereocenters. The minimum Gasteiger partial charge on any atom is -0.235 e. The Balaban J connectivity index is 1.23. The second kappa shape index (κ2) is 12.0. The van der Waals surface area contributed by atoms with Gasteiger partial charge in [-0.1, -0.05) is 52.4 Å². The third kappa shape index (κ3) is 5.74. The Morgan fingerprint density at radius 1 is 0.526 bits per heavy atom. The quantitative estimate of drug-likeness (QED) is 0.136. The van der Waals surface area contributed by atoms with Crippen molar-refractivity contribution in [2.24, 2.45) is 0 Å². The van der Waals surface area contributed by atoms with Crippen molar-refractivity contribution in [3.05, 3.63) is 58.3 Å². The first kappa shape index (κ1) is 26.1. The molecule has 6 rings (SSSR count). The van der Waals surface area contributed by atoms with E-state index in [0.717, 1.165) is 21.0 Å². The molecule has 2 aromatic carbocycles. The van der Waals surface area contributed by atoms with Gasteiger partial charge in [-0.3, -0.25) is 0 Å². The molecule has 38 heavy (non-hydrogen) atoms. The maximum atomic E-state index is 5.05. The summed E-state index contributed by atoms with van der Waals surface area (Å²) in [5.41, 5.74) is 2.20. The molecule has 0 aliphatic carbocycles. The van der Waals surface area contributed by atoms with Gasteiger partial charge in [-0.05, 0) is 85.0 Å². The highest BCUT2D eigenvalue weighted by molar-refractivity contribution is 7.26. The number of hydrogen-bond donors (Lipinski definition) is 0. The monoisotopic (exact) mass is 574 g/mol. The Morgan fingerprint density at radius 2 is 1.00 bits per heavy atom. The maximum absolute atomic E-state index is 5.05. The SMILES string of the molecule is CCCCCCc1ccc(-c2nc3cc4cc5sc(-c6ccc(CCCCCC)s6)nc5cc4cc3s2)s1. The molecule has 0 atom stereocenters. The molecular formula is C32H34N2S4. The van der Waals surface area contributed by atoms with Crippen LogP contribution in [-0.4, -0.2) is 9.97 Å². The van der Waals surface area contributed by atoms with Gasteiger partial charge in [0.05, 0.1) is 30.2 Å². The van der Waals surface area contributed by atoms with E-state index in [2.05, 4.69) is 62.4 Å². The number of thiophene rings is 2. The number of nitrogens with zero attached hydrogens (tertiary/aromatic N) is 2. The summed E-state index contributed by atoms with van der Waals surface area (Å²) in [6, 6.07) is 18.3. The lowest BCUT2D eigenvalue weighted by Crippen LogP contribution is -1.80. The summed E-state index contributed by atoms with van der Waals surface area (Å²) in [5.74, 6) is 0. The Bertz CT molecular complexity index is 1480. The molecule has 0 amide bonds. The second-order valence-electron chi connectivity index (χ2n) is 10.2. The largest absolute Gasteiger partial charge is 0.235 e. The number of aromatic nitrogens is 2. The minimum atomic E-state index is 1.10. The van der Waals surface area contributed by atoms with Crippen LogP contribution in [0.25, 0.3) is 51.0 Å². The highest BCUT2D eigenvalue weighted by Crippen LogP contribution is 2.39. The summed E-state index contributed by atoms with van der Waals surface area (Å²) in [6.45, 7) is 4.54. The van der Waals surface area contributed by atoms with E-state index in [1.165, 1.54) is 104 Å². The summed E-state index contributed by atoms with van der Waals surface area (Å²) >= 11 is 7.46. The van der Waals surface area contributed by atoms with Crippen molar-refractivity contribution in [3.63, 3.8) is 0 Å². The first-order valence-electron chi connectivity index (χ1n) is 14.0. The topological polar surface area (TPSA) is 25.8 Å². The number of unbranched alkanes of at least 4 members (excludes halogenated alkanes) is 6. The Hall–Kier alpha value is -2.12. The standard InChI is InChI=1S/C32H34N2S4/c1-3-5-7-9-11-23-13-15-27(35-23)31-33-25-17-21-20-30-26(18-22(21)19-29(25)37-31)34-32(38-30)28-16-14-24(36-28)12-10-8-6-4-2/h13-20H,3-12H2,1-2H3. The molecular weight excluding hydrogens is 541 g/mol. The molecule has 6 heteroatoms. The van der Waals surface area contributed by atoms with Crippen molar-refractivity contribution in [2.45, 2.75) is 78.1 Å². The Morgan fingerprint density at radius 3 is 1.45 bits per heavy atom. The molecule has 6 aromatic rings. The third-order valence-electron chi connectivity index (χ3n) is 7.15. The van der Waals surface area contributed by atoms with Crippen LogP contribution in [0.5, 0.6) is 0 Å². The lowest BCUT2D eigenvalue weighted by molar-refractivity contribution is 0.670. The van der Waals surface area contributed by atoms with Gasteiger partial charge in [-0.25, -0.2) is 9.97 Å². The van der Waals surface area contributed by atoms with Gasteiger partial charge in [0.1, 0.15) is 10.0 Å². The zero-order valence-corrected chi connectivity index (χ0v) is 25.5. The van der Waals surface area contributed by atoms with Crippen molar-refractivity contribution < 1.29 is 0 Å². The molecule has 196 valence electrons. The van der Waals surface area contributed by atoms with Crippen molar-refractivity contribution in [1.82, 2.24) is 9.97 Å². The zero-order chi connectivity index (χ0) is 25.9. The summed E-state index contributed by atoms with van der Waals surface area (Å²) in [6.07, 6.45) is 12.9. The van der Waals surface area contributed by atoms with Crippen LogP contribution in [0.3, 0.4) is 0 Å². The van der Waals surface area contributed by atoms with Crippen LogP contribution in [0.4, 0.5) is 0 Å². The predicted octanol–water partition coefficient (Wildman–Crippen LogP) is 11.8. The van der Waals surface area contributed by atoms with Crippen molar-refractivity contribution in [3.8, 4) is 19.8 Å². The second-order valence-corrected chi connectivity index (χ2v) is 14.6. The molecule has 0 saturated carbocycles. The van der Waals surface area contributed by atoms with E-state index in [4.69, 9.17) is 9.97 Å². The number of fused-ring (bicyclic) bond motifs is 3. The molecule has 0 radical (unpaired) electrons. The van der Waals surface area contributed by atoms with E-state index in [9.17, 15) is 0 Å². The normalized spacial score (nSPS) is 11.9. The molecule has 0 saturated heterocycles. The van der Waals surface area contributed by atoms with Crippen LogP contribution >= 0.6 is 45.3 Å². The zero-order valence-electron chi connectivity index (χ0n) is 22.2. The van der Waals surface area contributed by atoms with Crippen LogP contribution in [-0.2, 0) is 12.8 Å². The van der Waals surface area contributed by atoms with Gasteiger partial charge in [-0.2, -0.15) is 0 Å². The number of hydrogen-bond acceptors (Lipinski definition) is 6. The average molecular weight is 575 g/mol. The molecule has 0 N–H and O–H groups in total. The van der Waals surface area contributed by atoms with Crippen LogP contribution in [0.1, 0.15) is 75.0 Å². The van der Waals surface area contributed by atoms with E-state index in [1.54, 1.807) is 0 Å². The van der Waals surface area contributed by atoms with Crippen molar-refractivity contribution >= 4 is 76.6 Å². The fourth-order valence-corrected chi connectivity index (χ4v) is 9.21. The number of rotatable bonds is 12. The summed E-state index contributed by atoms with van der Waals surface area (Å²) in [4.78, 5) is 15.7. The van der Waals surface area contributed by atoms with Crippen LogP contribution in [0.15, 0.2) is 48.5 Å². The number of benzene rings is 2. The van der Waals surface area contributed by atoms with Crippen LogP contribution in [0.2, 0.25) is 0 Å². The fourth-order valence-electron chi connectivity index (χ4n) is 5.01. The molecule has 4 heterocycles. The van der Waals surface area contributed by atoms with Gasteiger partial charge >= 0.3 is 0 Å². The van der Waals surface area contributed by atoms with E-state index < -0.39 is 0 Å². The molecule has 2 nitrogen and oxygen atoms in total. The Labute approximate surface area is 241 Å². The fraction of sp³-hybridized carbons (Fsp3) is 0.375. The van der Waals surface area contributed by atoms with Crippen LogP contribution in [0, 0.1) is 0 Å². The van der Waals surface area contributed by atoms with Gasteiger partial charge in [0.25, 0.3) is 0 Å². The van der Waals surface area contributed by atoms with Gasteiger partial charge in [-0.15, -0.1) is 45.3 Å². The molecule has 0 fully saturated rings. The maximum Gasteiger partial charge on any atom is 0.134 e. The smallest absolute Gasteiger partial charge is 0.134 e. The lowest BCUT2D eigenvalue weighted by Gasteiger charge is -1.97. The average Bonchev–Trinajstić information content (AvgIpc) is 3.72. The number of aryl methyl sites for hydroxylation is 2. The predicted molar refractivity (Wildman–Crippen MR) is 173 cm³/mol. The first-order valence-corrected chi connectivity index (χ1v) is 17.3. The molecule has 0 aliphatic heterocycles. The lowest BCUT2D eigenvalue weighted by atomic mass is 10.1. The van der Waals surface area contributed by atoms with E-state index >= 15 is 0 Å². The minimum absolute atomic E-state index is 1.10. The first-order chi connectivity index (χ1) is 18.7.